The van der Waals surface area contributed by atoms with Crippen molar-refractivity contribution >= 4 is 23.3 Å². The summed E-state index contributed by atoms with van der Waals surface area (Å²) in [5.74, 6) is -1.22. The van der Waals surface area contributed by atoms with Gasteiger partial charge >= 0.3 is 5.97 Å². The topological polar surface area (TPSA) is 62.5 Å². The molecule has 2 N–H and O–H groups in total. The third kappa shape index (κ3) is 2.81. The number of anilines is 1. The molecular weight excluding hydrogens is 261 g/mol. The second-order valence-electron chi connectivity index (χ2n) is 3.55. The van der Waals surface area contributed by atoms with Crippen LogP contribution in [0.1, 0.15) is 16.3 Å². The predicted octanol–water partition coefficient (Wildman–Crippen LogP) is 3.38. The van der Waals surface area contributed by atoms with Crippen LogP contribution in [0.25, 0.3) is 0 Å². The number of carbonyl (C=O) groups is 1. The van der Waals surface area contributed by atoms with Crippen LogP contribution >= 0.6 is 11.6 Å². The van der Waals surface area contributed by atoms with Gasteiger partial charge in [-0.2, -0.15) is 0 Å². The molecule has 0 saturated heterocycles. The summed E-state index contributed by atoms with van der Waals surface area (Å²) < 4.78 is 17.9. The number of hydrogen-bond acceptors (Lipinski definition) is 3. The number of benzene rings is 1. The third-order valence-electron chi connectivity index (χ3n) is 2.26. The zero-order chi connectivity index (χ0) is 13.1. The van der Waals surface area contributed by atoms with E-state index in [0.29, 0.717) is 11.4 Å². The van der Waals surface area contributed by atoms with Crippen molar-refractivity contribution in [2.24, 2.45) is 0 Å². The van der Waals surface area contributed by atoms with Crippen molar-refractivity contribution in [1.82, 2.24) is 0 Å². The smallest absolute Gasteiger partial charge is 0.371 e. The molecule has 0 unspecified atom stereocenters. The van der Waals surface area contributed by atoms with Gasteiger partial charge in [0.1, 0.15) is 11.6 Å². The Bertz CT molecular complexity index is 582. The van der Waals surface area contributed by atoms with E-state index < -0.39 is 11.8 Å². The van der Waals surface area contributed by atoms with E-state index in [1.165, 1.54) is 24.3 Å². The van der Waals surface area contributed by atoms with Crippen LogP contribution in [-0.2, 0) is 6.54 Å². The number of carboxylic acids is 1. The summed E-state index contributed by atoms with van der Waals surface area (Å²) in [5.41, 5.74) is 0.548. The molecule has 18 heavy (non-hydrogen) atoms. The maximum atomic E-state index is 12.8. The minimum absolute atomic E-state index is 0.128. The van der Waals surface area contributed by atoms with Gasteiger partial charge in [-0.05, 0) is 30.3 Å². The van der Waals surface area contributed by atoms with Gasteiger partial charge in [0.2, 0.25) is 5.76 Å². The van der Waals surface area contributed by atoms with Crippen molar-refractivity contribution in [2.45, 2.75) is 6.54 Å². The molecule has 6 heteroatoms. The van der Waals surface area contributed by atoms with Crippen LogP contribution in [-0.4, -0.2) is 11.1 Å². The molecule has 94 valence electrons. The van der Waals surface area contributed by atoms with E-state index in [4.69, 9.17) is 21.1 Å². The second-order valence-corrected chi connectivity index (χ2v) is 3.96. The second kappa shape index (κ2) is 5.10. The molecule has 2 aromatic rings. The maximum Gasteiger partial charge on any atom is 0.371 e. The SMILES string of the molecule is O=C(O)c1ccc(CNc2ccc(F)cc2Cl)o1. The van der Waals surface area contributed by atoms with E-state index in [2.05, 4.69) is 5.32 Å². The molecule has 1 heterocycles. The number of carboxylic acid groups (broad SMARTS) is 1. The fourth-order valence-electron chi connectivity index (χ4n) is 1.40. The highest BCUT2D eigenvalue weighted by molar-refractivity contribution is 6.33. The summed E-state index contributed by atoms with van der Waals surface area (Å²) in [6.07, 6.45) is 0. The lowest BCUT2D eigenvalue weighted by Crippen LogP contribution is -1.99. The third-order valence-corrected chi connectivity index (χ3v) is 2.57. The Morgan fingerprint density at radius 1 is 1.39 bits per heavy atom. The summed E-state index contributed by atoms with van der Waals surface area (Å²) in [6.45, 7) is 0.263. The number of halogens is 2. The van der Waals surface area contributed by atoms with Crippen LogP contribution in [0.3, 0.4) is 0 Å². The molecule has 0 atom stereocenters. The Labute approximate surface area is 107 Å². The molecule has 0 aliphatic carbocycles. The van der Waals surface area contributed by atoms with Crippen LogP contribution in [0.4, 0.5) is 10.1 Å². The average Bonchev–Trinajstić information content (AvgIpc) is 2.76. The molecule has 2 rings (SSSR count). The molecular formula is C12H9ClFNO3. The van der Waals surface area contributed by atoms with Crippen LogP contribution in [0, 0.1) is 5.82 Å². The fourth-order valence-corrected chi connectivity index (χ4v) is 1.64. The Morgan fingerprint density at radius 2 is 2.17 bits per heavy atom. The quantitative estimate of drug-likeness (QED) is 0.893. The average molecular weight is 270 g/mol. The van der Waals surface area contributed by atoms with Crippen molar-refractivity contribution in [3.8, 4) is 0 Å². The highest BCUT2D eigenvalue weighted by Crippen LogP contribution is 2.23. The maximum absolute atomic E-state index is 12.8. The zero-order valence-electron chi connectivity index (χ0n) is 9.11. The molecule has 0 saturated carbocycles. The van der Waals surface area contributed by atoms with Gasteiger partial charge in [-0.3, -0.25) is 0 Å². The van der Waals surface area contributed by atoms with Crippen LogP contribution in [0.15, 0.2) is 34.7 Å². The lowest BCUT2D eigenvalue weighted by molar-refractivity contribution is 0.0660. The summed E-state index contributed by atoms with van der Waals surface area (Å²) in [7, 11) is 0. The largest absolute Gasteiger partial charge is 0.475 e. The first-order valence-electron chi connectivity index (χ1n) is 5.07. The van der Waals surface area contributed by atoms with Crippen molar-refractivity contribution in [2.75, 3.05) is 5.32 Å². The number of aromatic carboxylic acids is 1. The van der Waals surface area contributed by atoms with Gasteiger partial charge in [-0.25, -0.2) is 9.18 Å². The monoisotopic (exact) mass is 269 g/mol. The lowest BCUT2D eigenvalue weighted by atomic mass is 10.3. The van der Waals surface area contributed by atoms with Crippen molar-refractivity contribution in [1.29, 1.82) is 0 Å². The first-order valence-corrected chi connectivity index (χ1v) is 5.45. The van der Waals surface area contributed by atoms with E-state index in [-0.39, 0.29) is 17.3 Å². The highest BCUT2D eigenvalue weighted by atomic mass is 35.5. The molecule has 0 bridgehead atoms. The van der Waals surface area contributed by atoms with Crippen LogP contribution in [0.2, 0.25) is 5.02 Å². The Balaban J connectivity index is 2.04. The fraction of sp³-hybridized carbons (Fsp3) is 0.0833. The van der Waals surface area contributed by atoms with E-state index >= 15 is 0 Å². The van der Waals surface area contributed by atoms with E-state index in [9.17, 15) is 9.18 Å². The molecule has 4 nitrogen and oxygen atoms in total. The number of rotatable bonds is 4. The normalized spacial score (nSPS) is 10.3. The Morgan fingerprint density at radius 3 is 2.78 bits per heavy atom. The summed E-state index contributed by atoms with van der Waals surface area (Å²) in [6, 6.07) is 6.88. The molecule has 0 radical (unpaired) electrons. The number of furan rings is 1. The predicted molar refractivity (Wildman–Crippen MR) is 64.4 cm³/mol. The molecule has 0 fully saturated rings. The molecule has 0 spiro atoms. The zero-order valence-corrected chi connectivity index (χ0v) is 9.87. The minimum Gasteiger partial charge on any atom is -0.475 e. The van der Waals surface area contributed by atoms with Gasteiger partial charge < -0.3 is 14.8 Å². The summed E-state index contributed by atoms with van der Waals surface area (Å²) in [5, 5.41) is 11.9. The summed E-state index contributed by atoms with van der Waals surface area (Å²) in [4.78, 5) is 10.6. The molecule has 0 aliphatic heterocycles. The molecule has 1 aromatic heterocycles. The van der Waals surface area contributed by atoms with Gasteiger partial charge in [0.05, 0.1) is 17.3 Å². The molecule has 0 amide bonds. The van der Waals surface area contributed by atoms with E-state index in [1.807, 2.05) is 0 Å². The van der Waals surface area contributed by atoms with Crippen molar-refractivity contribution in [3.05, 3.63) is 52.7 Å². The van der Waals surface area contributed by atoms with Gasteiger partial charge in [0.15, 0.2) is 0 Å². The van der Waals surface area contributed by atoms with Gasteiger partial charge in [-0.15, -0.1) is 0 Å². The Hall–Kier alpha value is -2.01. The lowest BCUT2D eigenvalue weighted by Gasteiger charge is -2.06. The van der Waals surface area contributed by atoms with Crippen molar-refractivity contribution < 1.29 is 18.7 Å². The first kappa shape index (κ1) is 12.4. The first-order chi connectivity index (χ1) is 8.56. The highest BCUT2D eigenvalue weighted by Gasteiger charge is 2.09. The number of nitrogens with one attached hydrogen (secondary N) is 1. The van der Waals surface area contributed by atoms with Crippen molar-refractivity contribution in [3.63, 3.8) is 0 Å². The molecule has 1 aromatic carbocycles. The van der Waals surface area contributed by atoms with Gasteiger partial charge in [-0.1, -0.05) is 11.6 Å². The standard InChI is InChI=1S/C12H9ClFNO3/c13-9-5-7(14)1-3-10(9)15-6-8-2-4-11(18-8)12(16)17/h1-5,15H,6H2,(H,16,17). The number of hydrogen-bond donors (Lipinski definition) is 2. The van der Waals surface area contributed by atoms with Gasteiger partial charge in [0.25, 0.3) is 0 Å². The summed E-state index contributed by atoms with van der Waals surface area (Å²) >= 11 is 5.82. The molecule has 0 aliphatic rings. The van der Waals surface area contributed by atoms with Gasteiger partial charge in [0, 0.05) is 0 Å². The van der Waals surface area contributed by atoms with E-state index in [0.717, 1.165) is 0 Å². The van der Waals surface area contributed by atoms with E-state index in [1.54, 1.807) is 6.07 Å². The van der Waals surface area contributed by atoms with Crippen LogP contribution < -0.4 is 5.32 Å². The Kier molecular flexibility index (Phi) is 3.53. The minimum atomic E-state index is -1.12. The van der Waals surface area contributed by atoms with Crippen LogP contribution in [0.5, 0.6) is 0 Å².